The number of allylic oxidation sites excluding steroid dienone is 1. The number of nitrogens with zero attached hydrogens (tertiary/aromatic N) is 6. The number of nitrogens with one attached hydrogen (secondary N) is 1. The highest BCUT2D eigenvalue weighted by atomic mass is 32.2. The van der Waals surface area contributed by atoms with Crippen molar-refractivity contribution in [2.24, 2.45) is 0 Å². The van der Waals surface area contributed by atoms with Crippen molar-refractivity contribution in [1.29, 1.82) is 0 Å². The Kier molecular flexibility index (Phi) is 11.2. The summed E-state index contributed by atoms with van der Waals surface area (Å²) in [7, 11) is 2.12. The number of hydrogen-bond donors (Lipinski definition) is 1. The summed E-state index contributed by atoms with van der Waals surface area (Å²) in [5.41, 5.74) is 2.53. The molecule has 44 heavy (non-hydrogen) atoms. The third kappa shape index (κ3) is 8.81. The van der Waals surface area contributed by atoms with Gasteiger partial charge < -0.3 is 19.7 Å². The van der Waals surface area contributed by atoms with Crippen molar-refractivity contribution in [3.8, 4) is 23.3 Å². The van der Waals surface area contributed by atoms with Gasteiger partial charge in [-0.2, -0.15) is 0 Å². The largest absolute Gasteiger partial charge is 0.486 e. The molecule has 1 aromatic carbocycles. The van der Waals surface area contributed by atoms with Gasteiger partial charge in [-0.05, 0) is 69.1 Å². The van der Waals surface area contributed by atoms with E-state index in [4.69, 9.17) is 9.47 Å². The first-order chi connectivity index (χ1) is 21.5. The monoisotopic (exact) mass is 619 g/mol. The number of amides is 1. The van der Waals surface area contributed by atoms with Crippen molar-refractivity contribution in [1.82, 2.24) is 34.9 Å². The van der Waals surface area contributed by atoms with E-state index in [1.807, 2.05) is 41.8 Å². The van der Waals surface area contributed by atoms with Crippen LogP contribution in [0.1, 0.15) is 36.2 Å². The minimum Gasteiger partial charge on any atom is -0.486 e. The quantitative estimate of drug-likeness (QED) is 0.332. The number of ether oxygens (including phenoxy) is 2. The van der Waals surface area contributed by atoms with Crippen molar-refractivity contribution >= 4 is 17.9 Å². The Balaban J connectivity index is 1.13. The average molecular weight is 620 g/mol. The van der Waals surface area contributed by atoms with E-state index in [2.05, 4.69) is 49.2 Å². The lowest BCUT2D eigenvalue weighted by Gasteiger charge is -2.32. The Morgan fingerprint density at radius 1 is 1.20 bits per heavy atom. The lowest BCUT2D eigenvalue weighted by atomic mass is 10.1. The number of halogens is 1. The molecule has 12 heteroatoms. The molecule has 1 amide bonds. The molecule has 1 N–H and O–H groups in total. The first-order valence-electron chi connectivity index (χ1n) is 14.9. The van der Waals surface area contributed by atoms with E-state index < -0.39 is 6.09 Å². The maximum absolute atomic E-state index is 14.5. The second-order valence-corrected chi connectivity index (χ2v) is 12.0. The Morgan fingerprint density at radius 2 is 2.07 bits per heavy atom. The topological polar surface area (TPSA) is 97.6 Å². The molecule has 1 saturated heterocycles. The molecular weight excluding hydrogens is 581 g/mol. The number of carbonyl (C=O) groups is 1. The van der Waals surface area contributed by atoms with Crippen molar-refractivity contribution in [3.05, 3.63) is 71.6 Å². The molecule has 0 spiro atoms. The molecule has 3 heterocycles. The van der Waals surface area contributed by atoms with Crippen LogP contribution < -0.4 is 10.1 Å². The molecule has 1 unspecified atom stereocenters. The molecule has 10 nitrogen and oxygen atoms in total. The van der Waals surface area contributed by atoms with Crippen LogP contribution in [0.4, 0.5) is 9.18 Å². The fourth-order valence-corrected chi connectivity index (χ4v) is 6.11. The second kappa shape index (κ2) is 15.7. The number of piperazine rings is 1. The predicted molar refractivity (Wildman–Crippen MR) is 168 cm³/mol. The zero-order valence-corrected chi connectivity index (χ0v) is 26.0. The van der Waals surface area contributed by atoms with Crippen molar-refractivity contribution in [2.75, 3.05) is 52.9 Å². The molecule has 5 rings (SSSR count). The number of pyridine rings is 1. The number of alkyl carbamates (subject to hydrolysis) is 1. The fourth-order valence-electron chi connectivity index (χ4n) is 4.96. The smallest absolute Gasteiger partial charge is 0.408 e. The molecule has 0 saturated carbocycles. The third-order valence-corrected chi connectivity index (χ3v) is 8.75. The van der Waals surface area contributed by atoms with Gasteiger partial charge in [-0.15, -0.1) is 10.2 Å². The zero-order valence-electron chi connectivity index (χ0n) is 25.2. The van der Waals surface area contributed by atoms with Crippen LogP contribution in [0.25, 0.3) is 5.69 Å². The van der Waals surface area contributed by atoms with Gasteiger partial charge in [0.15, 0.2) is 17.6 Å². The Bertz CT molecular complexity index is 1500. The van der Waals surface area contributed by atoms with E-state index in [1.54, 1.807) is 18.5 Å². The van der Waals surface area contributed by atoms with Crippen LogP contribution in [0.15, 0.2) is 59.8 Å². The lowest BCUT2D eigenvalue weighted by Crippen LogP contribution is -2.46. The van der Waals surface area contributed by atoms with E-state index >= 15 is 0 Å². The number of aromatic nitrogens is 4. The van der Waals surface area contributed by atoms with Gasteiger partial charge in [-0.3, -0.25) is 14.5 Å². The number of thioether (sulfide) groups is 1. The van der Waals surface area contributed by atoms with E-state index in [1.165, 1.54) is 11.8 Å². The Morgan fingerprint density at radius 3 is 2.84 bits per heavy atom. The van der Waals surface area contributed by atoms with Crippen LogP contribution >= 0.6 is 11.8 Å². The summed E-state index contributed by atoms with van der Waals surface area (Å²) in [5.74, 6) is 7.10. The number of carbonyl (C=O) groups excluding carboxylic acids is 1. The summed E-state index contributed by atoms with van der Waals surface area (Å²) in [6, 6.07) is 9.37. The minimum atomic E-state index is -0.463. The van der Waals surface area contributed by atoms with Gasteiger partial charge >= 0.3 is 6.09 Å². The highest BCUT2D eigenvalue weighted by molar-refractivity contribution is 8.00. The number of hydrogen-bond acceptors (Lipinski definition) is 9. The van der Waals surface area contributed by atoms with Crippen LogP contribution in [-0.2, 0) is 11.3 Å². The molecule has 2 aliphatic rings. The summed E-state index contributed by atoms with van der Waals surface area (Å²) >= 11 is 1.37. The number of benzene rings is 1. The van der Waals surface area contributed by atoms with Crippen LogP contribution in [0.2, 0.25) is 0 Å². The summed E-state index contributed by atoms with van der Waals surface area (Å²) < 4.78 is 27.6. The van der Waals surface area contributed by atoms with Crippen molar-refractivity contribution in [3.63, 3.8) is 0 Å². The van der Waals surface area contributed by atoms with Crippen LogP contribution in [0.3, 0.4) is 0 Å². The second-order valence-electron chi connectivity index (χ2n) is 10.8. The maximum atomic E-state index is 14.5. The molecule has 1 fully saturated rings. The summed E-state index contributed by atoms with van der Waals surface area (Å²) in [6.07, 6.45) is 7.09. The number of rotatable bonds is 10. The number of aryl methyl sites for hydroxylation is 1. The first kappa shape index (κ1) is 31.5. The van der Waals surface area contributed by atoms with E-state index in [0.29, 0.717) is 23.3 Å². The van der Waals surface area contributed by atoms with Crippen molar-refractivity contribution in [2.45, 2.75) is 43.2 Å². The normalized spacial score (nSPS) is 17.3. The molecule has 0 radical (unpaired) electrons. The van der Waals surface area contributed by atoms with Crippen LogP contribution in [0, 0.1) is 18.8 Å². The van der Waals surface area contributed by atoms with Gasteiger partial charge in [0.25, 0.3) is 0 Å². The Labute approximate surface area is 262 Å². The average Bonchev–Trinajstić information content (AvgIpc) is 3.43. The van der Waals surface area contributed by atoms with Gasteiger partial charge in [-0.25, -0.2) is 9.18 Å². The first-order valence-corrected chi connectivity index (χ1v) is 15.7. The molecule has 2 aromatic heterocycles. The summed E-state index contributed by atoms with van der Waals surface area (Å²) in [6.45, 7) is 7.57. The molecule has 0 bridgehead atoms. The fraction of sp³-hybridized carbons (Fsp3) is 0.438. The third-order valence-electron chi connectivity index (χ3n) is 7.53. The standard InChI is InChI=1S/C32H38FN7O3S/c1-24-21-27(12-11-25(24)7-6-20-42-32(41)35-14-15-39-18-16-38(2)17-19-39)43-23-30-36-37-31(40(30)26-8-5-13-34-22-26)44-29-10-4-3-9-28(29)33/h5,8-9,11-13,21-22,29H,3-4,10,14-20,23H2,1-2H3,(H,35,41). The van der Waals surface area contributed by atoms with E-state index in [9.17, 15) is 9.18 Å². The van der Waals surface area contributed by atoms with Gasteiger partial charge in [-0.1, -0.05) is 29.7 Å². The molecule has 1 atom stereocenters. The van der Waals surface area contributed by atoms with E-state index in [0.717, 1.165) is 68.8 Å². The molecular formula is C32H38FN7O3S. The van der Waals surface area contributed by atoms with Gasteiger partial charge in [0.1, 0.15) is 18.2 Å². The Hall–Kier alpha value is -3.92. The highest BCUT2D eigenvalue weighted by Crippen LogP contribution is 2.35. The van der Waals surface area contributed by atoms with Gasteiger partial charge in [0, 0.05) is 51.0 Å². The summed E-state index contributed by atoms with van der Waals surface area (Å²) in [4.78, 5) is 20.9. The molecule has 1 aliphatic heterocycles. The minimum absolute atomic E-state index is 0.00291. The van der Waals surface area contributed by atoms with E-state index in [-0.39, 0.29) is 24.3 Å². The molecule has 3 aromatic rings. The summed E-state index contributed by atoms with van der Waals surface area (Å²) in [5, 5.41) is 11.9. The van der Waals surface area contributed by atoms with Crippen LogP contribution in [0.5, 0.6) is 5.75 Å². The van der Waals surface area contributed by atoms with Crippen LogP contribution in [-0.4, -0.2) is 93.8 Å². The number of likely N-dealkylation sites (N-methyl/N-ethyl adjacent to an activating group) is 1. The SMILES string of the molecule is Cc1cc(OCc2nnc(SC3CCCC=C3F)n2-c2cccnc2)ccc1C#CCOC(=O)NCCN1CCN(C)CC1. The van der Waals surface area contributed by atoms with Crippen molar-refractivity contribution < 1.29 is 18.7 Å². The van der Waals surface area contributed by atoms with Gasteiger partial charge in [0.2, 0.25) is 0 Å². The van der Waals surface area contributed by atoms with Gasteiger partial charge in [0.05, 0.1) is 17.1 Å². The molecule has 1 aliphatic carbocycles. The zero-order chi connectivity index (χ0) is 30.7. The lowest BCUT2D eigenvalue weighted by molar-refractivity contribution is 0.144. The molecule has 232 valence electrons. The highest BCUT2D eigenvalue weighted by Gasteiger charge is 2.24. The predicted octanol–water partition coefficient (Wildman–Crippen LogP) is 4.37. The maximum Gasteiger partial charge on any atom is 0.408 e.